The van der Waals surface area contributed by atoms with Crippen LogP contribution in [-0.2, 0) is 11.2 Å². The summed E-state index contributed by atoms with van der Waals surface area (Å²) in [6.45, 7) is 2.54. The van der Waals surface area contributed by atoms with Crippen LogP contribution in [0.1, 0.15) is 44.1 Å². The molecule has 32 heavy (non-hydrogen) atoms. The molecule has 0 saturated carbocycles. The van der Waals surface area contributed by atoms with Crippen molar-refractivity contribution in [3.63, 3.8) is 0 Å². The van der Waals surface area contributed by atoms with Gasteiger partial charge in [-0.3, -0.25) is 9.78 Å². The number of ether oxygens (including phenoxy) is 2. The van der Waals surface area contributed by atoms with Crippen molar-refractivity contribution >= 4 is 11.7 Å². The maximum absolute atomic E-state index is 13.6. The second kappa shape index (κ2) is 10.7. The van der Waals surface area contributed by atoms with E-state index in [1.807, 2.05) is 12.1 Å². The Morgan fingerprint density at radius 3 is 2.72 bits per heavy atom. The molecule has 1 aromatic heterocycles. The molecule has 0 aliphatic carbocycles. The van der Waals surface area contributed by atoms with Gasteiger partial charge in [0.05, 0.1) is 26.3 Å². The molecule has 2 unspecified atom stereocenters. The van der Waals surface area contributed by atoms with Crippen molar-refractivity contribution in [2.24, 2.45) is 5.92 Å². The van der Waals surface area contributed by atoms with Gasteiger partial charge in [-0.15, -0.1) is 0 Å². The first-order valence-electron chi connectivity index (χ1n) is 11.7. The van der Waals surface area contributed by atoms with Gasteiger partial charge in [-0.05, 0) is 62.6 Å². The predicted molar refractivity (Wildman–Crippen MR) is 124 cm³/mol. The van der Waals surface area contributed by atoms with Gasteiger partial charge in [0.15, 0.2) is 11.5 Å². The lowest BCUT2D eigenvalue weighted by Crippen LogP contribution is -2.50. The predicted octanol–water partition coefficient (Wildman–Crippen LogP) is 3.72. The van der Waals surface area contributed by atoms with Crippen LogP contribution in [0, 0.1) is 5.92 Å². The Kier molecular flexibility index (Phi) is 7.45. The Labute approximate surface area is 190 Å². The summed E-state index contributed by atoms with van der Waals surface area (Å²) in [5.74, 6) is 2.72. The SMILES string of the molecule is COc1ccc(CCC2CCCCN2C(=O)C2CCCN(c3cnccn3)C2)cc1OC. The molecule has 2 saturated heterocycles. The number of hydrogen-bond acceptors (Lipinski definition) is 6. The summed E-state index contributed by atoms with van der Waals surface area (Å²) in [6, 6.07) is 6.40. The zero-order valence-corrected chi connectivity index (χ0v) is 19.2. The number of carbonyl (C=O) groups is 1. The Morgan fingerprint density at radius 2 is 1.94 bits per heavy atom. The first-order chi connectivity index (χ1) is 15.7. The average molecular weight is 439 g/mol. The first-order valence-corrected chi connectivity index (χ1v) is 11.7. The monoisotopic (exact) mass is 438 g/mol. The molecule has 7 heteroatoms. The lowest BCUT2D eigenvalue weighted by atomic mass is 9.91. The number of piperidine rings is 2. The van der Waals surface area contributed by atoms with Gasteiger partial charge in [-0.1, -0.05) is 6.07 Å². The van der Waals surface area contributed by atoms with Crippen LogP contribution in [-0.4, -0.2) is 60.7 Å². The molecule has 2 fully saturated rings. The first kappa shape index (κ1) is 22.4. The molecule has 2 aromatic rings. The molecule has 2 aliphatic rings. The normalized spacial score (nSPS) is 21.3. The van der Waals surface area contributed by atoms with Gasteiger partial charge in [0.2, 0.25) is 5.91 Å². The topological polar surface area (TPSA) is 67.8 Å². The van der Waals surface area contributed by atoms with E-state index in [0.717, 1.165) is 75.5 Å². The number of rotatable bonds is 7. The summed E-state index contributed by atoms with van der Waals surface area (Å²) in [5.41, 5.74) is 1.21. The van der Waals surface area contributed by atoms with Crippen molar-refractivity contribution in [3.05, 3.63) is 42.4 Å². The quantitative estimate of drug-likeness (QED) is 0.656. The van der Waals surface area contributed by atoms with Gasteiger partial charge in [0, 0.05) is 38.1 Å². The summed E-state index contributed by atoms with van der Waals surface area (Å²) < 4.78 is 10.8. The number of aromatic nitrogens is 2. The van der Waals surface area contributed by atoms with Gasteiger partial charge < -0.3 is 19.3 Å². The molecule has 2 aliphatic heterocycles. The van der Waals surface area contributed by atoms with Crippen LogP contribution < -0.4 is 14.4 Å². The third kappa shape index (κ3) is 5.14. The van der Waals surface area contributed by atoms with Gasteiger partial charge in [0.1, 0.15) is 5.82 Å². The minimum atomic E-state index is 0.0347. The maximum atomic E-state index is 13.6. The van der Waals surface area contributed by atoms with Crippen molar-refractivity contribution in [2.45, 2.75) is 51.0 Å². The van der Waals surface area contributed by atoms with Crippen LogP contribution in [0.15, 0.2) is 36.8 Å². The molecule has 3 heterocycles. The summed E-state index contributed by atoms with van der Waals surface area (Å²) >= 11 is 0. The standard InChI is InChI=1S/C25H34N4O3/c1-31-22-11-9-19(16-23(22)32-2)8-10-21-7-3-4-15-29(21)25(30)20-6-5-14-28(18-20)24-17-26-12-13-27-24/h9,11-13,16-17,20-21H,3-8,10,14-15,18H2,1-2H3. The molecule has 4 rings (SSSR count). The fourth-order valence-corrected chi connectivity index (χ4v) is 5.04. The van der Waals surface area contributed by atoms with E-state index >= 15 is 0 Å². The van der Waals surface area contributed by atoms with Crippen molar-refractivity contribution in [2.75, 3.05) is 38.8 Å². The smallest absolute Gasteiger partial charge is 0.227 e. The fourth-order valence-electron chi connectivity index (χ4n) is 5.04. The number of aryl methyl sites for hydroxylation is 1. The number of methoxy groups -OCH3 is 2. The molecular weight excluding hydrogens is 404 g/mol. The van der Waals surface area contributed by atoms with Crippen LogP contribution in [0.3, 0.4) is 0 Å². The number of carbonyl (C=O) groups excluding carboxylic acids is 1. The fraction of sp³-hybridized carbons (Fsp3) is 0.560. The summed E-state index contributed by atoms with van der Waals surface area (Å²) in [7, 11) is 3.32. The highest BCUT2D eigenvalue weighted by Gasteiger charge is 2.34. The van der Waals surface area contributed by atoms with Crippen LogP contribution in [0.25, 0.3) is 0 Å². The van der Waals surface area contributed by atoms with Crippen LogP contribution in [0.4, 0.5) is 5.82 Å². The van der Waals surface area contributed by atoms with E-state index in [2.05, 4.69) is 25.8 Å². The average Bonchev–Trinajstić information content (AvgIpc) is 2.87. The Hall–Kier alpha value is -2.83. The second-order valence-corrected chi connectivity index (χ2v) is 8.76. The summed E-state index contributed by atoms with van der Waals surface area (Å²) in [4.78, 5) is 26.6. The van der Waals surface area contributed by atoms with E-state index in [9.17, 15) is 4.79 Å². The lowest BCUT2D eigenvalue weighted by molar-refractivity contribution is -0.139. The Morgan fingerprint density at radius 1 is 1.06 bits per heavy atom. The largest absolute Gasteiger partial charge is 0.493 e. The zero-order chi connectivity index (χ0) is 22.3. The highest BCUT2D eigenvalue weighted by molar-refractivity contribution is 5.80. The molecule has 172 valence electrons. The maximum Gasteiger partial charge on any atom is 0.227 e. The molecule has 0 radical (unpaired) electrons. The molecule has 0 bridgehead atoms. The summed E-state index contributed by atoms with van der Waals surface area (Å²) in [6.07, 6.45) is 12.4. The molecule has 1 amide bonds. The van der Waals surface area contributed by atoms with Crippen LogP contribution in [0.5, 0.6) is 11.5 Å². The molecular formula is C25H34N4O3. The van der Waals surface area contributed by atoms with E-state index < -0.39 is 0 Å². The molecule has 7 nitrogen and oxygen atoms in total. The number of benzene rings is 1. The lowest BCUT2D eigenvalue weighted by Gasteiger charge is -2.40. The van der Waals surface area contributed by atoms with Crippen LogP contribution in [0.2, 0.25) is 0 Å². The second-order valence-electron chi connectivity index (χ2n) is 8.76. The zero-order valence-electron chi connectivity index (χ0n) is 19.2. The number of hydrogen-bond donors (Lipinski definition) is 0. The number of likely N-dealkylation sites (tertiary alicyclic amines) is 1. The van der Waals surface area contributed by atoms with Gasteiger partial charge >= 0.3 is 0 Å². The molecule has 1 aromatic carbocycles. The van der Waals surface area contributed by atoms with Crippen molar-refractivity contribution in [1.29, 1.82) is 0 Å². The Bertz CT molecular complexity index is 892. The third-order valence-corrected chi connectivity index (χ3v) is 6.77. The Balaban J connectivity index is 1.40. The third-order valence-electron chi connectivity index (χ3n) is 6.77. The minimum absolute atomic E-state index is 0.0347. The van der Waals surface area contributed by atoms with E-state index in [-0.39, 0.29) is 5.92 Å². The van der Waals surface area contributed by atoms with Crippen molar-refractivity contribution in [3.8, 4) is 11.5 Å². The van der Waals surface area contributed by atoms with E-state index in [4.69, 9.17) is 9.47 Å². The van der Waals surface area contributed by atoms with E-state index in [1.165, 1.54) is 12.0 Å². The number of nitrogens with zero attached hydrogens (tertiary/aromatic N) is 4. The van der Waals surface area contributed by atoms with E-state index in [1.54, 1.807) is 32.8 Å². The van der Waals surface area contributed by atoms with Crippen LogP contribution >= 0.6 is 0 Å². The van der Waals surface area contributed by atoms with Crippen molar-refractivity contribution < 1.29 is 14.3 Å². The van der Waals surface area contributed by atoms with Gasteiger partial charge in [0.25, 0.3) is 0 Å². The highest BCUT2D eigenvalue weighted by atomic mass is 16.5. The molecule has 2 atom stereocenters. The molecule has 0 N–H and O–H groups in total. The van der Waals surface area contributed by atoms with Crippen molar-refractivity contribution in [1.82, 2.24) is 14.9 Å². The molecule has 0 spiro atoms. The van der Waals surface area contributed by atoms with E-state index in [0.29, 0.717) is 11.9 Å². The van der Waals surface area contributed by atoms with Gasteiger partial charge in [-0.25, -0.2) is 4.98 Å². The van der Waals surface area contributed by atoms with Gasteiger partial charge in [-0.2, -0.15) is 0 Å². The minimum Gasteiger partial charge on any atom is -0.493 e. The number of amides is 1. The summed E-state index contributed by atoms with van der Waals surface area (Å²) in [5, 5.41) is 0. The highest BCUT2D eigenvalue weighted by Crippen LogP contribution is 2.30. The number of anilines is 1.